The van der Waals surface area contributed by atoms with Gasteiger partial charge in [0.05, 0.1) is 18.3 Å². The fourth-order valence-corrected chi connectivity index (χ4v) is 4.96. The van der Waals surface area contributed by atoms with Crippen LogP contribution < -0.4 is 10.6 Å². The number of hydrogen-bond acceptors (Lipinski definition) is 9. The number of aromatic nitrogens is 3. The van der Waals surface area contributed by atoms with E-state index in [0.29, 0.717) is 19.0 Å². The minimum absolute atomic E-state index is 0.168. The second kappa shape index (κ2) is 12.2. The van der Waals surface area contributed by atoms with E-state index in [0.717, 1.165) is 74.9 Å². The number of piperazine rings is 1. The molecule has 5 aliphatic rings. The molecule has 2 aromatic heterocycles. The van der Waals surface area contributed by atoms with Crippen LogP contribution in [0.4, 0.5) is 17.5 Å². The van der Waals surface area contributed by atoms with Crippen LogP contribution in [0.2, 0.25) is 0 Å². The number of benzene rings is 1. The summed E-state index contributed by atoms with van der Waals surface area (Å²) in [6, 6.07) is 14.1. The van der Waals surface area contributed by atoms with Gasteiger partial charge in [0.15, 0.2) is 5.78 Å². The number of nitrogens with zero attached hydrogens (tertiary/aromatic N) is 5. The van der Waals surface area contributed by atoms with E-state index < -0.39 is 0 Å². The van der Waals surface area contributed by atoms with Crippen molar-refractivity contribution in [1.82, 2.24) is 24.8 Å². The van der Waals surface area contributed by atoms with Crippen molar-refractivity contribution in [2.45, 2.75) is 31.8 Å². The van der Waals surface area contributed by atoms with Crippen LogP contribution in [-0.4, -0.2) is 83.0 Å². The third kappa shape index (κ3) is 6.68. The van der Waals surface area contributed by atoms with Crippen molar-refractivity contribution in [2.75, 3.05) is 57.1 Å². The monoisotopic (exact) mass is 501 g/mol. The highest BCUT2D eigenvalue weighted by atomic mass is 16.5. The zero-order valence-corrected chi connectivity index (χ0v) is 21.4. The van der Waals surface area contributed by atoms with Gasteiger partial charge in [-0.25, -0.2) is 15.0 Å². The van der Waals surface area contributed by atoms with Gasteiger partial charge in [-0.05, 0) is 48.7 Å². The topological polar surface area (TPSA) is 95.5 Å². The molecule has 2 N–H and O–H groups in total. The third-order valence-electron chi connectivity index (χ3n) is 7.00. The number of Topliss-reactive ketones (excluding diaryl/α,β-unsaturated/α-hetero) is 1. The van der Waals surface area contributed by atoms with E-state index in [2.05, 4.69) is 48.6 Å². The Hall–Kier alpha value is -3.40. The van der Waals surface area contributed by atoms with Crippen LogP contribution >= 0.6 is 0 Å². The van der Waals surface area contributed by atoms with E-state index >= 15 is 0 Å². The lowest BCUT2D eigenvalue weighted by Gasteiger charge is -2.38. The van der Waals surface area contributed by atoms with Gasteiger partial charge in [-0.3, -0.25) is 14.6 Å². The molecule has 5 aliphatic heterocycles. The molecule has 1 aromatic carbocycles. The molecule has 9 heteroatoms. The lowest BCUT2D eigenvalue weighted by atomic mass is 10.0. The molecule has 1 atom stereocenters. The van der Waals surface area contributed by atoms with Gasteiger partial charge >= 0.3 is 0 Å². The minimum atomic E-state index is -0.168. The average Bonchev–Trinajstić information content (AvgIpc) is 2.92. The molecule has 7 heterocycles. The predicted octanol–water partition coefficient (Wildman–Crippen LogP) is 3.58. The Labute approximate surface area is 218 Å². The number of hydrogen-bond donors (Lipinski definition) is 2. The molecule has 8 rings (SSSR count). The van der Waals surface area contributed by atoms with Gasteiger partial charge in [0.1, 0.15) is 5.82 Å². The van der Waals surface area contributed by atoms with Gasteiger partial charge in [-0.2, -0.15) is 0 Å². The molecule has 1 saturated heterocycles. The third-order valence-corrected chi connectivity index (χ3v) is 7.00. The van der Waals surface area contributed by atoms with Gasteiger partial charge in [0.25, 0.3) is 0 Å². The highest BCUT2D eigenvalue weighted by molar-refractivity contribution is 5.84. The molecule has 194 valence electrons. The summed E-state index contributed by atoms with van der Waals surface area (Å²) in [5.74, 6) is 1.64. The van der Waals surface area contributed by atoms with Gasteiger partial charge in [0.2, 0.25) is 5.95 Å². The van der Waals surface area contributed by atoms with Gasteiger partial charge in [-0.15, -0.1) is 0 Å². The number of carbonyl (C=O) groups is 1. The first kappa shape index (κ1) is 25.3. The van der Waals surface area contributed by atoms with E-state index in [1.54, 1.807) is 13.3 Å². The molecule has 0 amide bonds. The number of carbonyl (C=O) groups excluding carboxylic acids is 1. The quantitative estimate of drug-likeness (QED) is 0.546. The molecule has 0 radical (unpaired) electrons. The van der Waals surface area contributed by atoms with Crippen molar-refractivity contribution in [3.05, 3.63) is 60.4 Å². The van der Waals surface area contributed by atoms with Crippen LogP contribution in [0, 0.1) is 0 Å². The van der Waals surface area contributed by atoms with Crippen LogP contribution in [0.15, 0.2) is 54.9 Å². The number of nitrogens with one attached hydrogen (secondary N) is 2. The summed E-state index contributed by atoms with van der Waals surface area (Å²) in [5, 5.41) is 6.71. The standard InChI is InChI=1S/C28H35N7O2/c1-37-20-25-26(36)7-2-3-11-29-27-9-8-22(18-31-27)24-10-12-30-28(33-24)32-23-6-4-5-21(17-23)19-34-13-15-35(25)16-14-34/h4-6,8-10,12,17-18,25H,2-3,7,11,13-16,19-20H2,1H3,(H,29,31)(H,30,32,33). The zero-order valence-electron chi connectivity index (χ0n) is 21.4. The summed E-state index contributed by atoms with van der Waals surface area (Å²) in [7, 11) is 1.68. The summed E-state index contributed by atoms with van der Waals surface area (Å²) < 4.78 is 5.44. The Morgan fingerprint density at radius 2 is 1.95 bits per heavy atom. The summed E-state index contributed by atoms with van der Waals surface area (Å²) in [5.41, 5.74) is 3.92. The van der Waals surface area contributed by atoms with Crippen LogP contribution in [0.25, 0.3) is 11.3 Å². The fraction of sp³-hybridized carbons (Fsp3) is 0.429. The van der Waals surface area contributed by atoms with Crippen molar-refractivity contribution in [3.8, 4) is 11.3 Å². The Balaban J connectivity index is 1.36. The zero-order chi connectivity index (χ0) is 25.5. The van der Waals surface area contributed by atoms with Crippen molar-refractivity contribution < 1.29 is 9.53 Å². The summed E-state index contributed by atoms with van der Waals surface area (Å²) in [6.07, 6.45) is 5.90. The van der Waals surface area contributed by atoms with Crippen molar-refractivity contribution in [2.24, 2.45) is 0 Å². The summed E-state index contributed by atoms with van der Waals surface area (Å²) in [6.45, 7) is 5.65. The number of anilines is 3. The average molecular weight is 502 g/mol. The van der Waals surface area contributed by atoms with Gasteiger partial charge < -0.3 is 15.4 Å². The SMILES string of the molecule is COCC1C(=O)CCCCNc2ccc(cn2)-c2ccnc(n2)Nc2cccc(c2)CN2CCN1CC2. The number of rotatable bonds is 2. The van der Waals surface area contributed by atoms with Crippen molar-refractivity contribution in [3.63, 3.8) is 0 Å². The first-order valence-corrected chi connectivity index (χ1v) is 13.1. The van der Waals surface area contributed by atoms with Crippen LogP contribution in [0.5, 0.6) is 0 Å². The molecule has 9 nitrogen and oxygen atoms in total. The number of ether oxygens (including phenoxy) is 1. The molecule has 3 aromatic rings. The van der Waals surface area contributed by atoms with E-state index in [4.69, 9.17) is 9.72 Å². The molecular weight excluding hydrogens is 466 g/mol. The second-order valence-electron chi connectivity index (χ2n) is 9.66. The van der Waals surface area contributed by atoms with E-state index in [9.17, 15) is 4.79 Å². The molecule has 8 bridgehead atoms. The van der Waals surface area contributed by atoms with Crippen molar-refractivity contribution in [1.29, 1.82) is 0 Å². The van der Waals surface area contributed by atoms with Crippen LogP contribution in [-0.2, 0) is 16.1 Å². The fourth-order valence-electron chi connectivity index (χ4n) is 4.96. The number of methoxy groups -OCH3 is 1. The Kier molecular flexibility index (Phi) is 8.35. The normalized spacial score (nSPS) is 22.7. The largest absolute Gasteiger partial charge is 0.383 e. The molecule has 0 saturated carbocycles. The second-order valence-corrected chi connectivity index (χ2v) is 9.66. The first-order valence-electron chi connectivity index (χ1n) is 13.1. The molecule has 1 unspecified atom stereocenters. The van der Waals surface area contributed by atoms with Gasteiger partial charge in [-0.1, -0.05) is 12.1 Å². The number of ketones is 1. The molecule has 0 aliphatic carbocycles. The maximum Gasteiger partial charge on any atom is 0.227 e. The minimum Gasteiger partial charge on any atom is -0.383 e. The van der Waals surface area contributed by atoms with E-state index in [1.165, 1.54) is 5.56 Å². The van der Waals surface area contributed by atoms with Crippen molar-refractivity contribution >= 4 is 23.2 Å². The van der Waals surface area contributed by atoms with E-state index in [1.807, 2.05) is 30.5 Å². The summed E-state index contributed by atoms with van der Waals surface area (Å²) >= 11 is 0. The maximum atomic E-state index is 13.1. The highest BCUT2D eigenvalue weighted by Gasteiger charge is 2.28. The molecule has 1 fully saturated rings. The molecular formula is C28H35N7O2. The first-order chi connectivity index (χ1) is 18.2. The predicted molar refractivity (Wildman–Crippen MR) is 145 cm³/mol. The lowest BCUT2D eigenvalue weighted by Crippen LogP contribution is -2.53. The Morgan fingerprint density at radius 3 is 2.76 bits per heavy atom. The maximum absolute atomic E-state index is 13.1. The van der Waals surface area contributed by atoms with Crippen LogP contribution in [0.1, 0.15) is 24.8 Å². The van der Waals surface area contributed by atoms with Crippen LogP contribution in [0.3, 0.4) is 0 Å². The highest BCUT2D eigenvalue weighted by Crippen LogP contribution is 2.22. The summed E-state index contributed by atoms with van der Waals surface area (Å²) in [4.78, 5) is 31.5. The number of pyridine rings is 1. The van der Waals surface area contributed by atoms with E-state index in [-0.39, 0.29) is 11.8 Å². The molecule has 0 spiro atoms. The lowest BCUT2D eigenvalue weighted by molar-refractivity contribution is -0.127. The smallest absolute Gasteiger partial charge is 0.227 e. The Bertz CT molecular complexity index is 1180. The Morgan fingerprint density at radius 1 is 1.05 bits per heavy atom. The molecule has 37 heavy (non-hydrogen) atoms. The van der Waals surface area contributed by atoms with Gasteiger partial charge in [0, 0.05) is 76.4 Å².